The molecule has 0 aliphatic rings. The molecule has 0 bridgehead atoms. The highest BCUT2D eigenvalue weighted by atomic mass is 16.2. The van der Waals surface area contributed by atoms with Gasteiger partial charge in [0.05, 0.1) is 6.54 Å². The zero-order chi connectivity index (χ0) is 9.40. The zero-order valence-electron chi connectivity index (χ0n) is 7.22. The van der Waals surface area contributed by atoms with Gasteiger partial charge in [-0.3, -0.25) is 9.59 Å². The van der Waals surface area contributed by atoms with Gasteiger partial charge in [-0.1, -0.05) is 6.08 Å². The van der Waals surface area contributed by atoms with Crippen LogP contribution in [0, 0.1) is 0 Å². The fourth-order valence-electron chi connectivity index (χ4n) is 0.589. The summed E-state index contributed by atoms with van der Waals surface area (Å²) in [6.45, 7) is 3.53. The standard InChI is InChI=1S/C8H14N2O2/c1-3-4-5-7(11)10-6-8(12)9-2/h3H,1,4-6H2,2H3,(H,9,12)(H,10,11). The van der Waals surface area contributed by atoms with Crippen molar-refractivity contribution in [2.24, 2.45) is 0 Å². The normalized spacial score (nSPS) is 8.75. The van der Waals surface area contributed by atoms with Gasteiger partial charge in [0.25, 0.3) is 0 Å². The molecule has 0 saturated carbocycles. The lowest BCUT2D eigenvalue weighted by Crippen LogP contribution is -2.34. The van der Waals surface area contributed by atoms with Crippen molar-refractivity contribution in [1.29, 1.82) is 0 Å². The predicted molar refractivity (Wildman–Crippen MR) is 46.5 cm³/mol. The first kappa shape index (κ1) is 10.7. The van der Waals surface area contributed by atoms with E-state index in [1.54, 1.807) is 6.08 Å². The summed E-state index contributed by atoms with van der Waals surface area (Å²) in [7, 11) is 1.53. The molecule has 4 nitrogen and oxygen atoms in total. The molecule has 0 aromatic heterocycles. The van der Waals surface area contributed by atoms with E-state index in [4.69, 9.17) is 0 Å². The number of hydrogen-bond donors (Lipinski definition) is 2. The molecule has 0 aromatic carbocycles. The molecule has 0 heterocycles. The Bertz CT molecular complexity index is 178. The Morgan fingerprint density at radius 2 is 2.08 bits per heavy atom. The van der Waals surface area contributed by atoms with E-state index in [-0.39, 0.29) is 18.4 Å². The monoisotopic (exact) mass is 170 g/mol. The highest BCUT2D eigenvalue weighted by Crippen LogP contribution is 1.87. The Morgan fingerprint density at radius 1 is 1.42 bits per heavy atom. The van der Waals surface area contributed by atoms with Crippen molar-refractivity contribution in [3.8, 4) is 0 Å². The topological polar surface area (TPSA) is 58.2 Å². The first-order valence-corrected chi connectivity index (χ1v) is 3.79. The molecule has 0 fully saturated rings. The van der Waals surface area contributed by atoms with E-state index in [0.29, 0.717) is 12.8 Å². The number of nitrogens with one attached hydrogen (secondary N) is 2. The van der Waals surface area contributed by atoms with Gasteiger partial charge in [-0.25, -0.2) is 0 Å². The largest absolute Gasteiger partial charge is 0.358 e. The number of amides is 2. The summed E-state index contributed by atoms with van der Waals surface area (Å²) in [5.41, 5.74) is 0. The van der Waals surface area contributed by atoms with Crippen LogP contribution in [0.15, 0.2) is 12.7 Å². The maximum absolute atomic E-state index is 10.9. The number of allylic oxidation sites excluding steroid dienone is 1. The fourth-order valence-corrected chi connectivity index (χ4v) is 0.589. The van der Waals surface area contributed by atoms with E-state index in [1.807, 2.05) is 0 Å². The quantitative estimate of drug-likeness (QED) is 0.562. The van der Waals surface area contributed by atoms with Crippen LogP contribution in [0.2, 0.25) is 0 Å². The van der Waals surface area contributed by atoms with Gasteiger partial charge in [0.1, 0.15) is 0 Å². The van der Waals surface area contributed by atoms with Crippen LogP contribution in [0.25, 0.3) is 0 Å². The molecule has 2 N–H and O–H groups in total. The highest BCUT2D eigenvalue weighted by molar-refractivity contribution is 5.84. The molecule has 0 aliphatic carbocycles. The summed E-state index contributed by atoms with van der Waals surface area (Å²) < 4.78 is 0. The van der Waals surface area contributed by atoms with Crippen molar-refractivity contribution in [2.75, 3.05) is 13.6 Å². The molecule has 0 unspecified atom stereocenters. The molecule has 0 aliphatic heterocycles. The number of rotatable bonds is 5. The first-order valence-electron chi connectivity index (χ1n) is 3.79. The van der Waals surface area contributed by atoms with Crippen LogP contribution in [-0.4, -0.2) is 25.4 Å². The number of carbonyl (C=O) groups excluding carboxylic acids is 2. The third-order valence-corrected chi connectivity index (χ3v) is 1.30. The molecule has 0 spiro atoms. The molecule has 0 atom stereocenters. The average molecular weight is 170 g/mol. The summed E-state index contributed by atoms with van der Waals surface area (Å²) in [6, 6.07) is 0. The van der Waals surface area contributed by atoms with Gasteiger partial charge < -0.3 is 10.6 Å². The Kier molecular flexibility index (Phi) is 5.69. The van der Waals surface area contributed by atoms with E-state index in [2.05, 4.69) is 17.2 Å². The highest BCUT2D eigenvalue weighted by Gasteiger charge is 2.01. The zero-order valence-corrected chi connectivity index (χ0v) is 7.22. The maximum Gasteiger partial charge on any atom is 0.239 e. The lowest BCUT2D eigenvalue weighted by atomic mass is 10.3. The van der Waals surface area contributed by atoms with Crippen LogP contribution in [0.5, 0.6) is 0 Å². The van der Waals surface area contributed by atoms with Crippen molar-refractivity contribution < 1.29 is 9.59 Å². The smallest absolute Gasteiger partial charge is 0.239 e. The predicted octanol–water partition coefficient (Wildman–Crippen LogP) is -0.185. The Morgan fingerprint density at radius 3 is 2.58 bits per heavy atom. The van der Waals surface area contributed by atoms with Gasteiger partial charge in [0.15, 0.2) is 0 Å². The van der Waals surface area contributed by atoms with E-state index in [1.165, 1.54) is 7.05 Å². The van der Waals surface area contributed by atoms with Crippen LogP contribution >= 0.6 is 0 Å². The summed E-state index contributed by atoms with van der Waals surface area (Å²) >= 11 is 0. The second kappa shape index (κ2) is 6.39. The van der Waals surface area contributed by atoms with Crippen LogP contribution in [0.1, 0.15) is 12.8 Å². The van der Waals surface area contributed by atoms with E-state index >= 15 is 0 Å². The summed E-state index contributed by atoms with van der Waals surface area (Å²) in [6.07, 6.45) is 2.69. The Labute approximate surface area is 72.0 Å². The molecule has 0 rings (SSSR count). The molecule has 0 aromatic rings. The average Bonchev–Trinajstić information content (AvgIpc) is 2.10. The fraction of sp³-hybridized carbons (Fsp3) is 0.500. The van der Waals surface area contributed by atoms with E-state index in [9.17, 15) is 9.59 Å². The van der Waals surface area contributed by atoms with Gasteiger partial charge in [-0.2, -0.15) is 0 Å². The minimum absolute atomic E-state index is 0.0481. The summed E-state index contributed by atoms with van der Waals surface area (Å²) in [5, 5.41) is 4.87. The molecular formula is C8H14N2O2. The van der Waals surface area contributed by atoms with Crippen LogP contribution in [0.3, 0.4) is 0 Å². The second-order valence-electron chi connectivity index (χ2n) is 2.28. The molecule has 2 amide bonds. The molecule has 0 saturated heterocycles. The van der Waals surface area contributed by atoms with Gasteiger partial charge in [-0.15, -0.1) is 6.58 Å². The third kappa shape index (κ3) is 5.46. The first-order chi connectivity index (χ1) is 5.70. The van der Waals surface area contributed by atoms with Crippen LogP contribution < -0.4 is 10.6 Å². The Hall–Kier alpha value is -1.32. The van der Waals surface area contributed by atoms with E-state index < -0.39 is 0 Å². The minimum atomic E-state index is -0.193. The van der Waals surface area contributed by atoms with Crippen molar-refractivity contribution in [3.63, 3.8) is 0 Å². The Balaban J connectivity index is 3.43. The molecule has 68 valence electrons. The van der Waals surface area contributed by atoms with Crippen molar-refractivity contribution in [3.05, 3.63) is 12.7 Å². The van der Waals surface area contributed by atoms with Crippen molar-refractivity contribution >= 4 is 11.8 Å². The number of carbonyl (C=O) groups is 2. The van der Waals surface area contributed by atoms with Gasteiger partial charge in [0, 0.05) is 13.5 Å². The molecular weight excluding hydrogens is 156 g/mol. The van der Waals surface area contributed by atoms with Gasteiger partial charge in [0.2, 0.25) is 11.8 Å². The summed E-state index contributed by atoms with van der Waals surface area (Å²) in [5.74, 6) is -0.319. The third-order valence-electron chi connectivity index (χ3n) is 1.30. The minimum Gasteiger partial charge on any atom is -0.358 e. The summed E-state index contributed by atoms with van der Waals surface area (Å²) in [4.78, 5) is 21.5. The van der Waals surface area contributed by atoms with Crippen molar-refractivity contribution in [2.45, 2.75) is 12.8 Å². The maximum atomic E-state index is 10.9. The van der Waals surface area contributed by atoms with E-state index in [0.717, 1.165) is 0 Å². The molecule has 4 heteroatoms. The van der Waals surface area contributed by atoms with Crippen LogP contribution in [0.4, 0.5) is 0 Å². The molecule has 0 radical (unpaired) electrons. The molecule has 12 heavy (non-hydrogen) atoms. The van der Waals surface area contributed by atoms with Gasteiger partial charge >= 0.3 is 0 Å². The second-order valence-corrected chi connectivity index (χ2v) is 2.28. The number of hydrogen-bond acceptors (Lipinski definition) is 2. The lowest BCUT2D eigenvalue weighted by molar-refractivity contribution is -0.125. The van der Waals surface area contributed by atoms with Crippen molar-refractivity contribution in [1.82, 2.24) is 10.6 Å². The SMILES string of the molecule is C=CCCC(=O)NCC(=O)NC. The lowest BCUT2D eigenvalue weighted by Gasteiger charge is -2.01. The van der Waals surface area contributed by atoms with Gasteiger partial charge in [-0.05, 0) is 6.42 Å². The number of likely N-dealkylation sites (N-methyl/N-ethyl adjacent to an activating group) is 1. The van der Waals surface area contributed by atoms with Crippen LogP contribution in [-0.2, 0) is 9.59 Å².